The molecule has 0 atom stereocenters. The molecular weight excluding hydrogens is 1010 g/mol. The molecule has 0 radical (unpaired) electrons. The molecule has 0 aliphatic carbocycles. The van der Waals surface area contributed by atoms with Crippen molar-refractivity contribution >= 4 is 59.1 Å². The lowest BCUT2D eigenvalue weighted by atomic mass is 9.91. The van der Waals surface area contributed by atoms with Crippen LogP contribution in [0.15, 0.2) is 0 Å². The quantitative estimate of drug-likeness (QED) is 0.0248. The summed E-state index contributed by atoms with van der Waals surface area (Å²) >= 11 is 0. The highest BCUT2D eigenvalue weighted by molar-refractivity contribution is 6.61. The maximum atomic E-state index is 11.7. The summed E-state index contributed by atoms with van der Waals surface area (Å²) < 4.78 is 84.4. The lowest BCUT2D eigenvalue weighted by Crippen LogP contribution is -2.42. The van der Waals surface area contributed by atoms with Gasteiger partial charge in [-0.3, -0.25) is 19.2 Å². The van der Waals surface area contributed by atoms with E-state index in [1.807, 2.05) is 83.1 Å². The van der Waals surface area contributed by atoms with Crippen LogP contribution in [-0.4, -0.2) is 171 Å². The summed E-state index contributed by atoms with van der Waals surface area (Å²) in [6.45, 7) is 24.4. The minimum atomic E-state index is -2.53. The molecule has 0 aliphatic heterocycles. The van der Waals surface area contributed by atoms with Gasteiger partial charge in [-0.15, -0.1) is 0 Å². The fraction of sp³-hybridized carbons (Fsp3) is 0.917. The Balaban J connectivity index is -0.000000428. The zero-order valence-corrected chi connectivity index (χ0v) is 53.5. The summed E-state index contributed by atoms with van der Waals surface area (Å²) in [5, 5.41) is 0. The van der Waals surface area contributed by atoms with Crippen molar-refractivity contribution in [2.45, 2.75) is 159 Å². The lowest BCUT2D eigenvalue weighted by Gasteiger charge is -2.24. The van der Waals surface area contributed by atoms with E-state index >= 15 is 0 Å². The Morgan fingerprint density at radius 2 is 0.403 bits per heavy atom. The highest BCUT2D eigenvalue weighted by atomic mass is 28.4. The monoisotopic (exact) mass is 1110 g/mol. The van der Waals surface area contributed by atoms with E-state index in [4.69, 9.17) is 72.1 Å². The number of carbonyl (C=O) groups is 4. The van der Waals surface area contributed by atoms with Crippen LogP contribution in [0, 0.1) is 21.7 Å². The summed E-state index contributed by atoms with van der Waals surface area (Å²) in [4.78, 5) is 46.9. The molecule has 0 saturated heterocycles. The van der Waals surface area contributed by atoms with Crippen molar-refractivity contribution in [1.29, 1.82) is 0 Å². The Labute approximate surface area is 440 Å². The van der Waals surface area contributed by atoms with Crippen LogP contribution in [0.2, 0.25) is 24.2 Å². The molecular formula is C48H104O20Si4. The Bertz CT molecular complexity index is 1180. The zero-order valence-electron chi connectivity index (χ0n) is 49.5. The first kappa shape index (κ1) is 76.8. The predicted molar refractivity (Wildman–Crippen MR) is 285 cm³/mol. The molecule has 0 N–H and O–H groups in total. The van der Waals surface area contributed by atoms with Gasteiger partial charge in [-0.2, -0.15) is 0 Å². The molecule has 0 amide bonds. The SMILES string of the molecule is CCC(C)(C)C(=O)OCCC[Si](OC)(OC)OC.CCC(C)(C)C(=O)OCCC[Si](OC)(OC)OC.CCC(C)(C)C(=O)OCCC[Si](OC)(OC)OC.CCC(C)(C)C(=O)OCCC[Si](OC)(OC)OC. The zero-order chi connectivity index (χ0) is 56.9. The van der Waals surface area contributed by atoms with Crippen LogP contribution in [0.5, 0.6) is 0 Å². The molecule has 0 bridgehead atoms. The van der Waals surface area contributed by atoms with Crippen LogP contribution in [0.1, 0.15) is 134 Å². The molecule has 0 aliphatic rings. The van der Waals surface area contributed by atoms with Crippen molar-refractivity contribution < 1.29 is 91.2 Å². The van der Waals surface area contributed by atoms with Gasteiger partial charge in [0.1, 0.15) is 0 Å². The van der Waals surface area contributed by atoms with E-state index in [-0.39, 0.29) is 23.9 Å². The van der Waals surface area contributed by atoms with Gasteiger partial charge < -0.3 is 72.1 Å². The Morgan fingerprint density at radius 1 is 0.278 bits per heavy atom. The minimum Gasteiger partial charge on any atom is -0.465 e. The first-order chi connectivity index (χ1) is 33.5. The van der Waals surface area contributed by atoms with Crippen molar-refractivity contribution in [3.05, 3.63) is 0 Å². The standard InChI is InChI=1S/4C12H26O5Si/c4*1-7-12(2,3)11(13)17-9-8-10-18(14-4,15-5)16-6/h4*7-10H2,1-6H3. The summed E-state index contributed by atoms with van der Waals surface area (Å²) in [6, 6.07) is 2.54. The van der Waals surface area contributed by atoms with Gasteiger partial charge in [-0.1, -0.05) is 27.7 Å². The van der Waals surface area contributed by atoms with Crippen molar-refractivity contribution in [3.8, 4) is 0 Å². The third-order valence-electron chi connectivity index (χ3n) is 12.9. The second-order valence-corrected chi connectivity index (χ2v) is 31.5. The van der Waals surface area contributed by atoms with Crippen LogP contribution in [0.3, 0.4) is 0 Å². The average molecular weight is 1110 g/mol. The van der Waals surface area contributed by atoms with E-state index in [9.17, 15) is 19.2 Å². The number of hydrogen-bond donors (Lipinski definition) is 0. The van der Waals surface area contributed by atoms with E-state index in [1.165, 1.54) is 0 Å². The molecule has 0 unspecified atom stereocenters. The van der Waals surface area contributed by atoms with E-state index in [0.29, 0.717) is 76.3 Å². The third-order valence-corrected chi connectivity index (χ3v) is 24.2. The largest absolute Gasteiger partial charge is 0.500 e. The molecule has 0 saturated carbocycles. The molecule has 20 nitrogen and oxygen atoms in total. The second kappa shape index (κ2) is 39.6. The van der Waals surface area contributed by atoms with E-state index in [1.54, 1.807) is 85.3 Å². The van der Waals surface area contributed by atoms with E-state index in [0.717, 1.165) is 25.7 Å². The van der Waals surface area contributed by atoms with Crippen molar-refractivity contribution in [1.82, 2.24) is 0 Å². The van der Waals surface area contributed by atoms with Crippen LogP contribution < -0.4 is 0 Å². The Morgan fingerprint density at radius 3 is 0.500 bits per heavy atom. The average Bonchev–Trinajstić information content (AvgIpc) is 3.39. The van der Waals surface area contributed by atoms with Gasteiger partial charge >= 0.3 is 59.1 Å². The van der Waals surface area contributed by atoms with Crippen LogP contribution in [-0.2, 0) is 91.2 Å². The van der Waals surface area contributed by atoms with Crippen molar-refractivity contribution in [2.75, 3.05) is 112 Å². The normalized spacial score (nSPS) is 12.6. The smallest absolute Gasteiger partial charge is 0.465 e. The van der Waals surface area contributed by atoms with Gasteiger partial charge in [0.05, 0.1) is 48.1 Å². The summed E-state index contributed by atoms with van der Waals surface area (Å²) in [5.41, 5.74) is -1.67. The first-order valence-electron chi connectivity index (χ1n) is 24.8. The summed E-state index contributed by atoms with van der Waals surface area (Å²) in [5.74, 6) is -0.650. The molecule has 0 fully saturated rings. The van der Waals surface area contributed by atoms with E-state index in [2.05, 4.69) is 0 Å². The molecule has 0 aromatic rings. The topological polar surface area (TPSA) is 216 Å². The molecule has 0 heterocycles. The van der Waals surface area contributed by atoms with Crippen LogP contribution >= 0.6 is 0 Å². The Kier molecular flexibility index (Phi) is 42.2. The van der Waals surface area contributed by atoms with Crippen LogP contribution in [0.4, 0.5) is 0 Å². The molecule has 0 aromatic carbocycles. The second-order valence-electron chi connectivity index (χ2n) is 19.1. The summed E-state index contributed by atoms with van der Waals surface area (Å²) in [6.07, 6.45) is 5.75. The highest BCUT2D eigenvalue weighted by Crippen LogP contribution is 2.26. The fourth-order valence-electron chi connectivity index (χ4n) is 5.40. The number of hydrogen-bond acceptors (Lipinski definition) is 20. The fourth-order valence-corrected chi connectivity index (χ4v) is 12.2. The van der Waals surface area contributed by atoms with Gasteiger partial charge in [-0.25, -0.2) is 0 Å². The maximum absolute atomic E-state index is 11.7. The van der Waals surface area contributed by atoms with Gasteiger partial charge in [0.25, 0.3) is 0 Å². The van der Waals surface area contributed by atoms with Gasteiger partial charge in [0, 0.05) is 109 Å². The molecule has 72 heavy (non-hydrogen) atoms. The molecule has 0 aromatic heterocycles. The Hall–Kier alpha value is -1.73. The minimum absolute atomic E-state index is 0.162. The summed E-state index contributed by atoms with van der Waals surface area (Å²) in [7, 11) is 8.76. The van der Waals surface area contributed by atoms with E-state index < -0.39 is 56.9 Å². The highest BCUT2D eigenvalue weighted by Gasteiger charge is 2.40. The van der Waals surface area contributed by atoms with Crippen LogP contribution in [0.25, 0.3) is 0 Å². The molecule has 432 valence electrons. The number of rotatable bonds is 36. The van der Waals surface area contributed by atoms with Gasteiger partial charge in [0.15, 0.2) is 0 Å². The lowest BCUT2D eigenvalue weighted by molar-refractivity contribution is -0.154. The molecule has 0 rings (SSSR count). The third kappa shape index (κ3) is 29.5. The van der Waals surface area contributed by atoms with Gasteiger partial charge in [-0.05, 0) is 107 Å². The predicted octanol–water partition coefficient (Wildman–Crippen LogP) is 8.94. The molecule has 0 spiro atoms. The first-order valence-corrected chi connectivity index (χ1v) is 32.5. The maximum Gasteiger partial charge on any atom is 0.500 e. The van der Waals surface area contributed by atoms with Gasteiger partial charge in [0.2, 0.25) is 0 Å². The number of esters is 4. The van der Waals surface area contributed by atoms with Crippen molar-refractivity contribution in [2.24, 2.45) is 21.7 Å². The number of carbonyl (C=O) groups excluding carboxylic acids is 4. The number of ether oxygens (including phenoxy) is 4. The molecule has 24 heteroatoms. The van der Waals surface area contributed by atoms with Crippen molar-refractivity contribution in [3.63, 3.8) is 0 Å².